The maximum absolute atomic E-state index is 13.1. The lowest BCUT2D eigenvalue weighted by Crippen LogP contribution is -2.07. The number of aryl methyl sites for hydroxylation is 1. The second kappa shape index (κ2) is 5.61. The highest BCUT2D eigenvalue weighted by atomic mass is 19.1. The highest BCUT2D eigenvalue weighted by Crippen LogP contribution is 2.23. The van der Waals surface area contributed by atoms with Gasteiger partial charge in [-0.3, -0.25) is 0 Å². The predicted octanol–water partition coefficient (Wildman–Crippen LogP) is 3.03. The molecule has 0 unspecified atom stereocenters. The highest BCUT2D eigenvalue weighted by Gasteiger charge is 2.11. The summed E-state index contributed by atoms with van der Waals surface area (Å²) in [5.74, 6) is -1.37. The van der Waals surface area contributed by atoms with Crippen molar-refractivity contribution < 1.29 is 14.3 Å². The third kappa shape index (κ3) is 3.06. The van der Waals surface area contributed by atoms with Crippen molar-refractivity contribution in [2.45, 2.75) is 13.5 Å². The minimum absolute atomic E-state index is 0.0618. The average molecular weight is 274 g/mol. The van der Waals surface area contributed by atoms with Crippen LogP contribution in [0.5, 0.6) is 0 Å². The smallest absolute Gasteiger partial charge is 0.337 e. The molecule has 2 aromatic carbocycles. The lowest BCUT2D eigenvalue weighted by atomic mass is 10.1. The van der Waals surface area contributed by atoms with Crippen molar-refractivity contribution in [2.75, 3.05) is 11.1 Å². The number of nitrogens with one attached hydrogen (secondary N) is 1. The van der Waals surface area contributed by atoms with Gasteiger partial charge >= 0.3 is 5.97 Å². The third-order valence-electron chi connectivity index (χ3n) is 3.00. The molecule has 0 radical (unpaired) electrons. The normalized spacial score (nSPS) is 10.3. The van der Waals surface area contributed by atoms with Crippen LogP contribution in [0.25, 0.3) is 0 Å². The van der Waals surface area contributed by atoms with Crippen LogP contribution in [0.1, 0.15) is 21.5 Å². The Morgan fingerprint density at radius 3 is 2.75 bits per heavy atom. The van der Waals surface area contributed by atoms with Crippen LogP contribution in [-0.2, 0) is 6.54 Å². The summed E-state index contributed by atoms with van der Waals surface area (Å²) in [6.07, 6.45) is 0. The fraction of sp³-hybridized carbons (Fsp3) is 0.133. The van der Waals surface area contributed by atoms with Gasteiger partial charge in [0.25, 0.3) is 0 Å². The zero-order valence-electron chi connectivity index (χ0n) is 11.0. The molecule has 2 rings (SSSR count). The van der Waals surface area contributed by atoms with Gasteiger partial charge in [-0.2, -0.15) is 0 Å². The zero-order valence-corrected chi connectivity index (χ0v) is 11.0. The van der Waals surface area contributed by atoms with E-state index >= 15 is 0 Å². The second-order valence-corrected chi connectivity index (χ2v) is 4.54. The largest absolute Gasteiger partial charge is 0.478 e. The molecule has 5 heteroatoms. The summed E-state index contributed by atoms with van der Waals surface area (Å²) in [7, 11) is 0. The van der Waals surface area contributed by atoms with Gasteiger partial charge in [-0.05, 0) is 42.3 Å². The van der Waals surface area contributed by atoms with Crippen molar-refractivity contribution >= 4 is 17.3 Å². The number of carboxylic acid groups (broad SMARTS) is 1. The van der Waals surface area contributed by atoms with Gasteiger partial charge in [0, 0.05) is 17.9 Å². The Morgan fingerprint density at radius 2 is 2.10 bits per heavy atom. The molecule has 4 nitrogen and oxygen atoms in total. The number of carbonyl (C=O) groups is 1. The van der Waals surface area contributed by atoms with E-state index in [9.17, 15) is 9.18 Å². The van der Waals surface area contributed by atoms with Gasteiger partial charge in [-0.25, -0.2) is 9.18 Å². The molecule has 0 spiro atoms. The summed E-state index contributed by atoms with van der Waals surface area (Å²) < 4.78 is 13.1. The van der Waals surface area contributed by atoms with Gasteiger partial charge in [0.15, 0.2) is 0 Å². The van der Waals surface area contributed by atoms with Crippen molar-refractivity contribution in [1.82, 2.24) is 0 Å². The lowest BCUT2D eigenvalue weighted by molar-refractivity contribution is 0.0698. The van der Waals surface area contributed by atoms with Crippen LogP contribution in [0, 0.1) is 12.7 Å². The standard InChI is InChI=1S/C15H15FN2O2/c1-9-5-12(7-13(14(9)17)15(19)20)18-8-10-3-2-4-11(16)6-10/h2-7,18H,8,17H2,1H3,(H,19,20). The topological polar surface area (TPSA) is 75.3 Å². The first kappa shape index (κ1) is 13.9. The Kier molecular flexibility index (Phi) is 3.89. The summed E-state index contributed by atoms with van der Waals surface area (Å²) in [6.45, 7) is 2.15. The van der Waals surface area contributed by atoms with Gasteiger partial charge in [-0.1, -0.05) is 12.1 Å². The molecule has 0 aliphatic heterocycles. The maximum Gasteiger partial charge on any atom is 0.337 e. The third-order valence-corrected chi connectivity index (χ3v) is 3.00. The summed E-state index contributed by atoms with van der Waals surface area (Å²) >= 11 is 0. The molecular formula is C15H15FN2O2. The number of benzene rings is 2. The zero-order chi connectivity index (χ0) is 14.7. The van der Waals surface area contributed by atoms with Gasteiger partial charge < -0.3 is 16.2 Å². The number of hydrogen-bond donors (Lipinski definition) is 3. The van der Waals surface area contributed by atoms with Crippen LogP contribution in [0.4, 0.5) is 15.8 Å². The highest BCUT2D eigenvalue weighted by molar-refractivity contribution is 5.95. The predicted molar refractivity (Wildman–Crippen MR) is 76.3 cm³/mol. The Balaban J connectivity index is 2.20. The number of aromatic carboxylic acids is 1. The van der Waals surface area contributed by atoms with Crippen LogP contribution >= 0.6 is 0 Å². The fourth-order valence-electron chi connectivity index (χ4n) is 1.93. The van der Waals surface area contributed by atoms with E-state index < -0.39 is 5.97 Å². The Labute approximate surface area is 116 Å². The number of nitrogen functional groups attached to an aromatic ring is 1. The number of anilines is 2. The molecule has 4 N–H and O–H groups in total. The number of halogens is 1. The molecule has 0 aliphatic rings. The molecule has 0 aliphatic carbocycles. The summed E-state index contributed by atoms with van der Waals surface area (Å²) in [5, 5.41) is 12.1. The molecule has 0 saturated heterocycles. The van der Waals surface area contributed by atoms with Gasteiger partial charge in [0.2, 0.25) is 0 Å². The number of nitrogens with two attached hydrogens (primary N) is 1. The van der Waals surface area contributed by atoms with Crippen molar-refractivity contribution in [3.05, 3.63) is 58.9 Å². The maximum atomic E-state index is 13.1. The molecule has 0 bridgehead atoms. The van der Waals surface area contributed by atoms with Crippen molar-refractivity contribution in [2.24, 2.45) is 0 Å². The number of rotatable bonds is 4. The molecule has 0 aromatic heterocycles. The minimum atomic E-state index is -1.07. The number of hydrogen-bond acceptors (Lipinski definition) is 3. The molecule has 0 heterocycles. The van der Waals surface area contributed by atoms with E-state index in [1.54, 1.807) is 25.1 Å². The van der Waals surface area contributed by atoms with Gasteiger partial charge in [0.05, 0.1) is 5.56 Å². The van der Waals surface area contributed by atoms with Gasteiger partial charge in [0.1, 0.15) is 5.82 Å². The van der Waals surface area contributed by atoms with E-state index in [1.165, 1.54) is 18.2 Å². The van der Waals surface area contributed by atoms with Crippen LogP contribution in [-0.4, -0.2) is 11.1 Å². The van der Waals surface area contributed by atoms with E-state index in [0.717, 1.165) is 5.56 Å². The van der Waals surface area contributed by atoms with Crippen LogP contribution < -0.4 is 11.1 Å². The molecule has 104 valence electrons. The summed E-state index contributed by atoms with van der Waals surface area (Å²) in [5.41, 5.74) is 8.14. The van der Waals surface area contributed by atoms with Crippen LogP contribution in [0.2, 0.25) is 0 Å². The second-order valence-electron chi connectivity index (χ2n) is 4.54. The van der Waals surface area contributed by atoms with Gasteiger partial charge in [-0.15, -0.1) is 0 Å². The lowest BCUT2D eigenvalue weighted by Gasteiger charge is -2.11. The average Bonchev–Trinajstić information content (AvgIpc) is 2.39. The van der Waals surface area contributed by atoms with E-state index in [1.807, 2.05) is 0 Å². The Morgan fingerprint density at radius 1 is 1.35 bits per heavy atom. The molecule has 0 saturated carbocycles. The summed E-state index contributed by atoms with van der Waals surface area (Å²) in [4.78, 5) is 11.1. The SMILES string of the molecule is Cc1cc(NCc2cccc(F)c2)cc(C(=O)O)c1N. The van der Waals surface area contributed by atoms with E-state index in [0.29, 0.717) is 17.8 Å². The monoisotopic (exact) mass is 274 g/mol. The fourth-order valence-corrected chi connectivity index (χ4v) is 1.93. The molecule has 20 heavy (non-hydrogen) atoms. The van der Waals surface area contributed by atoms with Crippen molar-refractivity contribution in [3.8, 4) is 0 Å². The molecule has 0 atom stereocenters. The summed E-state index contributed by atoms with van der Waals surface area (Å²) in [6, 6.07) is 9.46. The van der Waals surface area contributed by atoms with Crippen molar-refractivity contribution in [3.63, 3.8) is 0 Å². The molecule has 2 aromatic rings. The quantitative estimate of drug-likeness (QED) is 0.749. The Hall–Kier alpha value is -2.56. The number of carboxylic acids is 1. The minimum Gasteiger partial charge on any atom is -0.478 e. The Bertz CT molecular complexity index is 656. The van der Waals surface area contributed by atoms with E-state index in [2.05, 4.69) is 5.32 Å². The van der Waals surface area contributed by atoms with Crippen molar-refractivity contribution in [1.29, 1.82) is 0 Å². The molecule has 0 amide bonds. The molecule has 0 fully saturated rings. The van der Waals surface area contributed by atoms with Crippen LogP contribution in [0.3, 0.4) is 0 Å². The van der Waals surface area contributed by atoms with Crippen LogP contribution in [0.15, 0.2) is 36.4 Å². The molecular weight excluding hydrogens is 259 g/mol. The first-order valence-electron chi connectivity index (χ1n) is 6.09. The first-order chi connectivity index (χ1) is 9.47. The van der Waals surface area contributed by atoms with E-state index in [-0.39, 0.29) is 17.1 Å². The first-order valence-corrected chi connectivity index (χ1v) is 6.09. The van der Waals surface area contributed by atoms with E-state index in [4.69, 9.17) is 10.8 Å².